The molecule has 1 aromatic rings. The van der Waals surface area contributed by atoms with Crippen LogP contribution >= 0.6 is 0 Å². The molecule has 4 nitrogen and oxygen atoms in total. The molecule has 2 rings (SSSR count). The number of nitrogens with two attached hydrogens (primary N) is 1. The van der Waals surface area contributed by atoms with Gasteiger partial charge >= 0.3 is 0 Å². The second-order valence-electron chi connectivity index (χ2n) is 5.44. The van der Waals surface area contributed by atoms with Gasteiger partial charge < -0.3 is 20.5 Å². The predicted molar refractivity (Wildman–Crippen MR) is 81.9 cm³/mol. The molecule has 1 heterocycles. The van der Waals surface area contributed by atoms with Crippen molar-refractivity contribution in [2.75, 3.05) is 32.0 Å². The zero-order valence-electron chi connectivity index (χ0n) is 12.1. The number of aliphatic hydroxyl groups excluding tert-OH is 1. The van der Waals surface area contributed by atoms with Crippen molar-refractivity contribution in [2.45, 2.75) is 38.1 Å². The van der Waals surface area contributed by atoms with Crippen LogP contribution in [0.15, 0.2) is 24.3 Å². The van der Waals surface area contributed by atoms with Crippen molar-refractivity contribution < 1.29 is 9.84 Å². The van der Waals surface area contributed by atoms with Crippen molar-refractivity contribution in [3.8, 4) is 5.75 Å². The Morgan fingerprint density at radius 2 is 2.15 bits per heavy atom. The molecule has 1 aromatic carbocycles. The minimum atomic E-state index is 0.290. The van der Waals surface area contributed by atoms with E-state index >= 15 is 0 Å². The van der Waals surface area contributed by atoms with Gasteiger partial charge in [0.15, 0.2) is 0 Å². The average molecular weight is 278 g/mol. The van der Waals surface area contributed by atoms with E-state index < -0.39 is 0 Å². The second kappa shape index (κ2) is 8.12. The summed E-state index contributed by atoms with van der Waals surface area (Å²) in [7, 11) is 0. The highest BCUT2D eigenvalue weighted by Crippen LogP contribution is 2.21. The first-order chi connectivity index (χ1) is 9.81. The lowest BCUT2D eigenvalue weighted by Gasteiger charge is -2.35. The predicted octanol–water partition coefficient (Wildman–Crippen LogP) is 2.27. The van der Waals surface area contributed by atoms with Crippen LogP contribution in [0.1, 0.15) is 32.1 Å². The third kappa shape index (κ3) is 4.39. The molecule has 0 amide bonds. The van der Waals surface area contributed by atoms with Gasteiger partial charge in [-0.25, -0.2) is 0 Å². The zero-order valence-corrected chi connectivity index (χ0v) is 12.1. The summed E-state index contributed by atoms with van der Waals surface area (Å²) >= 11 is 0. The second-order valence-corrected chi connectivity index (χ2v) is 5.44. The molecule has 112 valence electrons. The first-order valence-corrected chi connectivity index (χ1v) is 7.63. The van der Waals surface area contributed by atoms with Crippen LogP contribution in [0.3, 0.4) is 0 Å². The number of nitrogen functional groups attached to an aromatic ring is 1. The van der Waals surface area contributed by atoms with Crippen molar-refractivity contribution in [2.24, 2.45) is 0 Å². The van der Waals surface area contributed by atoms with E-state index in [1.54, 1.807) is 0 Å². The van der Waals surface area contributed by atoms with Gasteiger partial charge in [0.25, 0.3) is 0 Å². The quantitative estimate of drug-likeness (QED) is 0.593. The summed E-state index contributed by atoms with van der Waals surface area (Å²) in [5.74, 6) is 0.776. The molecule has 1 aliphatic heterocycles. The number of para-hydroxylation sites is 2. The Kier molecular flexibility index (Phi) is 6.15. The molecule has 0 radical (unpaired) electrons. The summed E-state index contributed by atoms with van der Waals surface area (Å²) in [6.07, 6.45) is 5.67. The smallest absolute Gasteiger partial charge is 0.142 e. The van der Waals surface area contributed by atoms with Crippen LogP contribution in [0.25, 0.3) is 0 Å². The number of likely N-dealkylation sites (tertiary alicyclic amines) is 1. The van der Waals surface area contributed by atoms with Crippen molar-refractivity contribution in [3.63, 3.8) is 0 Å². The number of ether oxygens (including phenoxy) is 1. The number of hydrogen-bond donors (Lipinski definition) is 2. The van der Waals surface area contributed by atoms with Gasteiger partial charge in [0.1, 0.15) is 5.75 Å². The summed E-state index contributed by atoms with van der Waals surface area (Å²) in [6, 6.07) is 8.17. The van der Waals surface area contributed by atoms with Crippen LogP contribution < -0.4 is 10.5 Å². The third-order valence-electron chi connectivity index (χ3n) is 3.98. The summed E-state index contributed by atoms with van der Waals surface area (Å²) in [4.78, 5) is 2.50. The Labute approximate surface area is 121 Å². The lowest BCUT2D eigenvalue weighted by molar-refractivity contribution is 0.112. The molecule has 1 saturated heterocycles. The van der Waals surface area contributed by atoms with E-state index in [1.165, 1.54) is 19.3 Å². The average Bonchev–Trinajstić information content (AvgIpc) is 2.47. The van der Waals surface area contributed by atoms with E-state index in [4.69, 9.17) is 15.6 Å². The van der Waals surface area contributed by atoms with Gasteiger partial charge in [-0.1, -0.05) is 18.6 Å². The SMILES string of the molecule is Nc1ccccc1OCCCN1CCCCC1CCO. The number of anilines is 1. The number of aliphatic hydroxyl groups is 1. The zero-order chi connectivity index (χ0) is 14.2. The monoisotopic (exact) mass is 278 g/mol. The van der Waals surface area contributed by atoms with Crippen molar-refractivity contribution in [1.29, 1.82) is 0 Å². The molecule has 0 spiro atoms. The lowest BCUT2D eigenvalue weighted by atomic mass is 9.99. The van der Waals surface area contributed by atoms with Gasteiger partial charge in [-0.05, 0) is 44.4 Å². The number of nitrogens with zero attached hydrogens (tertiary/aromatic N) is 1. The van der Waals surface area contributed by atoms with Crippen LogP contribution in [0.5, 0.6) is 5.75 Å². The number of rotatable bonds is 7. The molecule has 0 saturated carbocycles. The summed E-state index contributed by atoms with van der Waals surface area (Å²) < 4.78 is 5.72. The Morgan fingerprint density at radius 3 is 2.95 bits per heavy atom. The number of piperidine rings is 1. The van der Waals surface area contributed by atoms with E-state index in [2.05, 4.69) is 4.90 Å². The summed E-state index contributed by atoms with van der Waals surface area (Å²) in [5.41, 5.74) is 6.54. The molecule has 4 heteroatoms. The highest BCUT2D eigenvalue weighted by atomic mass is 16.5. The molecule has 1 fully saturated rings. The molecule has 3 N–H and O–H groups in total. The topological polar surface area (TPSA) is 58.7 Å². The van der Waals surface area contributed by atoms with Gasteiger partial charge in [-0.15, -0.1) is 0 Å². The Bertz CT molecular complexity index is 396. The highest BCUT2D eigenvalue weighted by molar-refractivity contribution is 5.51. The fourth-order valence-electron chi connectivity index (χ4n) is 2.89. The fraction of sp³-hybridized carbons (Fsp3) is 0.625. The van der Waals surface area contributed by atoms with Crippen LogP contribution in [-0.2, 0) is 0 Å². The molecule has 0 aliphatic carbocycles. The lowest BCUT2D eigenvalue weighted by Crippen LogP contribution is -2.40. The number of hydrogen-bond acceptors (Lipinski definition) is 4. The van der Waals surface area contributed by atoms with Crippen LogP contribution in [0, 0.1) is 0 Å². The molecule has 1 aliphatic rings. The Morgan fingerprint density at radius 1 is 1.30 bits per heavy atom. The van der Waals surface area contributed by atoms with E-state index in [0.717, 1.165) is 31.7 Å². The van der Waals surface area contributed by atoms with Crippen molar-refractivity contribution >= 4 is 5.69 Å². The van der Waals surface area contributed by atoms with Crippen molar-refractivity contribution in [3.05, 3.63) is 24.3 Å². The molecule has 1 unspecified atom stereocenters. The van der Waals surface area contributed by atoms with Crippen LogP contribution in [0.4, 0.5) is 5.69 Å². The Balaban J connectivity index is 1.70. The minimum absolute atomic E-state index is 0.290. The molecule has 0 bridgehead atoms. The Hall–Kier alpha value is -1.26. The van der Waals surface area contributed by atoms with E-state index in [-0.39, 0.29) is 6.61 Å². The van der Waals surface area contributed by atoms with Gasteiger partial charge in [0.05, 0.1) is 12.3 Å². The standard InChI is InChI=1S/C16H26N2O2/c17-15-7-1-2-8-16(15)20-13-5-11-18-10-4-3-6-14(18)9-12-19/h1-2,7-8,14,19H,3-6,9-13,17H2. The maximum atomic E-state index is 9.12. The molecule has 20 heavy (non-hydrogen) atoms. The van der Waals surface area contributed by atoms with Crippen molar-refractivity contribution in [1.82, 2.24) is 4.90 Å². The maximum Gasteiger partial charge on any atom is 0.142 e. The third-order valence-corrected chi connectivity index (χ3v) is 3.98. The van der Waals surface area contributed by atoms with Gasteiger partial charge in [-0.2, -0.15) is 0 Å². The van der Waals surface area contributed by atoms with Gasteiger partial charge in [-0.3, -0.25) is 0 Å². The largest absolute Gasteiger partial charge is 0.491 e. The molecular weight excluding hydrogens is 252 g/mol. The van der Waals surface area contributed by atoms with Crippen LogP contribution in [-0.4, -0.2) is 42.4 Å². The first kappa shape index (κ1) is 15.1. The molecule has 0 aromatic heterocycles. The minimum Gasteiger partial charge on any atom is -0.491 e. The first-order valence-electron chi connectivity index (χ1n) is 7.63. The maximum absolute atomic E-state index is 9.12. The molecule has 1 atom stereocenters. The normalized spacial score (nSPS) is 19.9. The molecular formula is C16H26N2O2. The summed E-state index contributed by atoms with van der Waals surface area (Å²) in [5, 5.41) is 9.12. The van der Waals surface area contributed by atoms with Gasteiger partial charge in [0, 0.05) is 19.2 Å². The van der Waals surface area contributed by atoms with Gasteiger partial charge in [0.2, 0.25) is 0 Å². The van der Waals surface area contributed by atoms with E-state index in [1.807, 2.05) is 24.3 Å². The fourth-order valence-corrected chi connectivity index (χ4v) is 2.89. The van der Waals surface area contributed by atoms with E-state index in [9.17, 15) is 0 Å². The number of benzene rings is 1. The highest BCUT2D eigenvalue weighted by Gasteiger charge is 2.21. The van der Waals surface area contributed by atoms with Crippen LogP contribution in [0.2, 0.25) is 0 Å². The van der Waals surface area contributed by atoms with E-state index in [0.29, 0.717) is 18.3 Å². The summed E-state index contributed by atoms with van der Waals surface area (Å²) in [6.45, 7) is 3.17.